The van der Waals surface area contributed by atoms with Crippen molar-refractivity contribution in [1.82, 2.24) is 10.2 Å². The molecule has 1 saturated heterocycles. The number of hydrogen-bond acceptors (Lipinski definition) is 6. The van der Waals surface area contributed by atoms with E-state index in [1.165, 1.54) is 5.69 Å². The summed E-state index contributed by atoms with van der Waals surface area (Å²) in [6, 6.07) is 13.6. The van der Waals surface area contributed by atoms with Gasteiger partial charge in [-0.2, -0.15) is 0 Å². The zero-order chi connectivity index (χ0) is 22.8. The van der Waals surface area contributed by atoms with Gasteiger partial charge in [-0.05, 0) is 69.3 Å². The fourth-order valence-corrected chi connectivity index (χ4v) is 3.82. The normalized spacial score (nSPS) is 14.2. The molecule has 7 nitrogen and oxygen atoms in total. The van der Waals surface area contributed by atoms with Crippen LogP contribution in [-0.4, -0.2) is 70.4 Å². The minimum atomic E-state index is -0.0849. The second-order valence-electron chi connectivity index (χ2n) is 7.66. The van der Waals surface area contributed by atoms with Gasteiger partial charge in [-0.1, -0.05) is 0 Å². The Morgan fingerprint density at radius 2 is 1.62 bits per heavy atom. The van der Waals surface area contributed by atoms with Crippen LogP contribution in [-0.2, 0) is 0 Å². The number of hydrogen-bond donors (Lipinski definition) is 1. The van der Waals surface area contributed by atoms with Crippen molar-refractivity contribution in [2.45, 2.75) is 20.3 Å². The second-order valence-corrected chi connectivity index (χ2v) is 7.66. The lowest BCUT2D eigenvalue weighted by molar-refractivity contribution is 0.0951. The fourth-order valence-electron chi connectivity index (χ4n) is 3.82. The Kier molecular flexibility index (Phi) is 9.04. The Balaban J connectivity index is 1.39. The Labute approximate surface area is 191 Å². The van der Waals surface area contributed by atoms with Gasteiger partial charge in [0.15, 0.2) is 11.5 Å². The van der Waals surface area contributed by atoms with Gasteiger partial charge in [-0.15, -0.1) is 0 Å². The van der Waals surface area contributed by atoms with E-state index < -0.39 is 0 Å². The Morgan fingerprint density at radius 3 is 2.28 bits per heavy atom. The smallest absolute Gasteiger partial charge is 0.251 e. The fraction of sp³-hybridized carbons (Fsp3) is 0.480. The number of methoxy groups -OCH3 is 1. The van der Waals surface area contributed by atoms with Gasteiger partial charge in [0, 0.05) is 44.0 Å². The zero-order valence-electron chi connectivity index (χ0n) is 19.4. The molecule has 1 aliphatic heterocycles. The molecule has 32 heavy (non-hydrogen) atoms. The molecular weight excluding hydrogens is 406 g/mol. The quantitative estimate of drug-likeness (QED) is 0.539. The lowest BCUT2D eigenvalue weighted by Crippen LogP contribution is -2.47. The molecule has 1 amide bonds. The molecule has 0 unspecified atom stereocenters. The maximum absolute atomic E-state index is 12.5. The van der Waals surface area contributed by atoms with Crippen LogP contribution in [0.3, 0.4) is 0 Å². The maximum atomic E-state index is 12.5. The van der Waals surface area contributed by atoms with E-state index >= 15 is 0 Å². The van der Waals surface area contributed by atoms with E-state index in [1.807, 2.05) is 26.0 Å². The summed E-state index contributed by atoms with van der Waals surface area (Å²) in [6.07, 6.45) is 0.920. The predicted molar refractivity (Wildman–Crippen MR) is 127 cm³/mol. The Morgan fingerprint density at radius 1 is 0.938 bits per heavy atom. The first-order chi connectivity index (χ1) is 15.6. The van der Waals surface area contributed by atoms with E-state index in [0.29, 0.717) is 36.8 Å². The van der Waals surface area contributed by atoms with Gasteiger partial charge in [-0.25, -0.2) is 0 Å². The standard InChI is InChI=1S/C25H35N3O4/c1-4-31-23-12-7-20(19-24(23)32-5-2)25(29)26-13-6-14-27-15-17-28(18-16-27)21-8-10-22(30-3)11-9-21/h7-12,19H,4-6,13-18H2,1-3H3,(H,26,29). The summed E-state index contributed by atoms with van der Waals surface area (Å²) >= 11 is 0. The molecule has 1 fully saturated rings. The molecule has 0 saturated carbocycles. The molecule has 1 heterocycles. The third-order valence-electron chi connectivity index (χ3n) is 5.55. The summed E-state index contributed by atoms with van der Waals surface area (Å²) < 4.78 is 16.4. The van der Waals surface area contributed by atoms with Crippen LogP contribution in [0.15, 0.2) is 42.5 Å². The SMILES string of the molecule is CCOc1ccc(C(=O)NCCCN2CCN(c3ccc(OC)cc3)CC2)cc1OCC. The van der Waals surface area contributed by atoms with E-state index in [2.05, 4.69) is 27.2 Å². The molecule has 2 aromatic carbocycles. The van der Waals surface area contributed by atoms with Crippen LogP contribution in [0.4, 0.5) is 5.69 Å². The van der Waals surface area contributed by atoms with Crippen molar-refractivity contribution in [3.8, 4) is 17.2 Å². The van der Waals surface area contributed by atoms with Gasteiger partial charge in [0.2, 0.25) is 0 Å². The van der Waals surface area contributed by atoms with Gasteiger partial charge < -0.3 is 24.4 Å². The lowest BCUT2D eigenvalue weighted by atomic mass is 10.2. The van der Waals surface area contributed by atoms with Gasteiger partial charge in [-0.3, -0.25) is 9.69 Å². The number of rotatable bonds is 11. The number of piperazine rings is 1. The number of amides is 1. The van der Waals surface area contributed by atoms with Crippen LogP contribution in [0.1, 0.15) is 30.6 Å². The van der Waals surface area contributed by atoms with Crippen LogP contribution in [0.5, 0.6) is 17.2 Å². The molecule has 3 rings (SSSR count). The third-order valence-corrected chi connectivity index (χ3v) is 5.55. The van der Waals surface area contributed by atoms with E-state index in [9.17, 15) is 4.79 Å². The van der Waals surface area contributed by atoms with Crippen molar-refractivity contribution in [3.05, 3.63) is 48.0 Å². The summed E-state index contributed by atoms with van der Waals surface area (Å²) in [5.74, 6) is 2.07. The van der Waals surface area contributed by atoms with Crippen LogP contribution in [0.25, 0.3) is 0 Å². The van der Waals surface area contributed by atoms with E-state index in [0.717, 1.165) is 44.9 Å². The van der Waals surface area contributed by atoms with Gasteiger partial charge in [0.05, 0.1) is 20.3 Å². The molecule has 7 heteroatoms. The molecule has 0 atom stereocenters. The Hall–Kier alpha value is -2.93. The first kappa shape index (κ1) is 23.7. The summed E-state index contributed by atoms with van der Waals surface area (Å²) in [5, 5.41) is 3.02. The number of anilines is 1. The third kappa shape index (κ3) is 6.53. The van der Waals surface area contributed by atoms with Gasteiger partial charge in [0.1, 0.15) is 5.75 Å². The van der Waals surface area contributed by atoms with Crippen molar-refractivity contribution in [2.75, 3.05) is 64.5 Å². The van der Waals surface area contributed by atoms with Crippen molar-refractivity contribution in [1.29, 1.82) is 0 Å². The molecule has 1 aliphatic rings. The van der Waals surface area contributed by atoms with Crippen molar-refractivity contribution in [2.24, 2.45) is 0 Å². The number of nitrogens with one attached hydrogen (secondary N) is 1. The highest BCUT2D eigenvalue weighted by atomic mass is 16.5. The lowest BCUT2D eigenvalue weighted by Gasteiger charge is -2.36. The van der Waals surface area contributed by atoms with E-state index in [-0.39, 0.29) is 5.91 Å². The van der Waals surface area contributed by atoms with Crippen LogP contribution < -0.4 is 24.4 Å². The highest BCUT2D eigenvalue weighted by Crippen LogP contribution is 2.28. The summed E-state index contributed by atoms with van der Waals surface area (Å²) in [4.78, 5) is 17.4. The molecule has 0 aliphatic carbocycles. The maximum Gasteiger partial charge on any atom is 0.251 e. The summed E-state index contributed by atoms with van der Waals surface area (Å²) in [5.41, 5.74) is 1.82. The molecule has 174 valence electrons. The largest absolute Gasteiger partial charge is 0.497 e. The molecule has 0 radical (unpaired) electrons. The predicted octanol–water partition coefficient (Wildman–Crippen LogP) is 3.43. The monoisotopic (exact) mass is 441 g/mol. The minimum absolute atomic E-state index is 0.0849. The first-order valence-corrected chi connectivity index (χ1v) is 11.4. The number of nitrogens with zero attached hydrogens (tertiary/aromatic N) is 2. The first-order valence-electron chi connectivity index (χ1n) is 11.4. The van der Waals surface area contributed by atoms with Gasteiger partial charge >= 0.3 is 0 Å². The molecule has 0 aromatic heterocycles. The van der Waals surface area contributed by atoms with Crippen LogP contribution in [0.2, 0.25) is 0 Å². The molecule has 1 N–H and O–H groups in total. The number of carbonyl (C=O) groups excluding carboxylic acids is 1. The number of carbonyl (C=O) groups is 1. The molecule has 0 bridgehead atoms. The molecular formula is C25H35N3O4. The van der Waals surface area contributed by atoms with Crippen LogP contribution in [0, 0.1) is 0 Å². The Bertz CT molecular complexity index is 849. The molecule has 2 aromatic rings. The second kappa shape index (κ2) is 12.2. The number of benzene rings is 2. The highest BCUT2D eigenvalue weighted by Gasteiger charge is 2.17. The van der Waals surface area contributed by atoms with E-state index in [1.54, 1.807) is 25.3 Å². The highest BCUT2D eigenvalue weighted by molar-refractivity contribution is 5.94. The van der Waals surface area contributed by atoms with Crippen LogP contribution >= 0.6 is 0 Å². The average Bonchev–Trinajstić information content (AvgIpc) is 2.83. The average molecular weight is 442 g/mol. The summed E-state index contributed by atoms with van der Waals surface area (Å²) in [6.45, 7) is 10.6. The molecule has 0 spiro atoms. The van der Waals surface area contributed by atoms with E-state index in [4.69, 9.17) is 14.2 Å². The summed E-state index contributed by atoms with van der Waals surface area (Å²) in [7, 11) is 1.69. The topological polar surface area (TPSA) is 63.3 Å². The van der Waals surface area contributed by atoms with Crippen molar-refractivity contribution in [3.63, 3.8) is 0 Å². The zero-order valence-corrected chi connectivity index (χ0v) is 19.4. The number of ether oxygens (including phenoxy) is 3. The van der Waals surface area contributed by atoms with Crippen molar-refractivity contribution >= 4 is 11.6 Å². The van der Waals surface area contributed by atoms with Gasteiger partial charge in [0.25, 0.3) is 5.91 Å². The minimum Gasteiger partial charge on any atom is -0.497 e. The van der Waals surface area contributed by atoms with Crippen molar-refractivity contribution < 1.29 is 19.0 Å².